The lowest BCUT2D eigenvalue weighted by molar-refractivity contribution is -0.130. The number of hydrogen-bond donors (Lipinski definition) is 1. The van der Waals surface area contributed by atoms with Crippen LogP contribution in [-0.2, 0) is 18.4 Å². The van der Waals surface area contributed by atoms with Gasteiger partial charge in [-0.1, -0.05) is 52.0 Å². The molecule has 3 heterocycles. The van der Waals surface area contributed by atoms with Crippen LogP contribution in [0.3, 0.4) is 0 Å². The molecule has 212 valence electrons. The van der Waals surface area contributed by atoms with E-state index in [1.807, 2.05) is 42.5 Å². The Labute approximate surface area is 249 Å². The molecule has 2 aromatic heterocycles. The van der Waals surface area contributed by atoms with Gasteiger partial charge in [0.2, 0.25) is 0 Å². The molecule has 0 unspecified atom stereocenters. The molecule has 0 saturated carbocycles. The fourth-order valence-electron chi connectivity index (χ4n) is 4.45. The summed E-state index contributed by atoms with van der Waals surface area (Å²) in [6.45, 7) is 0.155. The molecule has 0 spiro atoms. The zero-order valence-corrected chi connectivity index (χ0v) is 24.9. The lowest BCUT2D eigenvalue weighted by Crippen LogP contribution is -2.29. The number of nitrogens with one attached hydrogen (secondary N) is 1. The zero-order chi connectivity index (χ0) is 28.9. The monoisotopic (exact) mass is 638 g/mol. The van der Waals surface area contributed by atoms with Crippen molar-refractivity contribution in [2.75, 3.05) is 20.0 Å². The number of nitrogens with zero attached hydrogens (tertiary/aromatic N) is 5. The van der Waals surface area contributed by atoms with Crippen LogP contribution in [0.5, 0.6) is 11.5 Å². The van der Waals surface area contributed by atoms with E-state index in [2.05, 4.69) is 31.4 Å². The van der Waals surface area contributed by atoms with E-state index in [9.17, 15) is 9.59 Å². The van der Waals surface area contributed by atoms with Gasteiger partial charge in [-0.25, -0.2) is 5.01 Å². The van der Waals surface area contributed by atoms with Gasteiger partial charge in [-0.3, -0.25) is 9.59 Å². The molecule has 4 aromatic rings. The summed E-state index contributed by atoms with van der Waals surface area (Å²) in [6, 6.07) is 16.3. The third-order valence-electron chi connectivity index (χ3n) is 6.54. The van der Waals surface area contributed by atoms with Gasteiger partial charge in [-0.2, -0.15) is 5.10 Å². The van der Waals surface area contributed by atoms with E-state index in [0.29, 0.717) is 28.9 Å². The third kappa shape index (κ3) is 6.15. The second-order valence-electron chi connectivity index (χ2n) is 9.00. The molecule has 1 atom stereocenters. The lowest BCUT2D eigenvalue weighted by Gasteiger charge is -2.24. The normalized spacial score (nSPS) is 14.6. The van der Waals surface area contributed by atoms with E-state index in [0.717, 1.165) is 21.3 Å². The lowest BCUT2D eigenvalue weighted by atomic mass is 9.97. The largest absolute Gasteiger partial charge is 0.493 e. The predicted molar refractivity (Wildman–Crippen MR) is 156 cm³/mol. The van der Waals surface area contributed by atoms with Crippen molar-refractivity contribution in [1.29, 1.82) is 0 Å². The number of hydrazone groups is 1. The number of hydrogen-bond acceptors (Lipinski definition) is 9. The van der Waals surface area contributed by atoms with Gasteiger partial charge in [-0.05, 0) is 35.9 Å². The van der Waals surface area contributed by atoms with Crippen LogP contribution in [0.2, 0.25) is 0 Å². The van der Waals surface area contributed by atoms with Crippen LogP contribution >= 0.6 is 27.7 Å². The minimum atomic E-state index is -0.390. The van der Waals surface area contributed by atoms with Crippen molar-refractivity contribution >= 4 is 45.2 Å². The van der Waals surface area contributed by atoms with Gasteiger partial charge in [0, 0.05) is 23.5 Å². The number of amides is 2. The van der Waals surface area contributed by atoms with Crippen molar-refractivity contribution in [3.8, 4) is 11.5 Å². The standard InChI is InChI=1S/C28H27BrN6O5S/c1-34-24(15-30-27(37)23-8-5-13-40-23)31-32-28(34)41-16-25(36)35-21(19-6-4-7-22(38-2)26(19)39-3)14-20(33-35)17-9-11-18(29)12-10-17/h4-13,21H,14-16H2,1-3H3,(H,30,37)/t21-/m0/s1. The Morgan fingerprint density at radius 2 is 1.90 bits per heavy atom. The van der Waals surface area contributed by atoms with Crippen molar-refractivity contribution in [2.45, 2.75) is 24.2 Å². The van der Waals surface area contributed by atoms with Crippen molar-refractivity contribution < 1.29 is 23.5 Å². The van der Waals surface area contributed by atoms with Crippen LogP contribution < -0.4 is 14.8 Å². The van der Waals surface area contributed by atoms with Gasteiger partial charge in [0.25, 0.3) is 11.8 Å². The minimum absolute atomic E-state index is 0.0740. The van der Waals surface area contributed by atoms with Crippen LogP contribution in [0, 0.1) is 0 Å². The molecular formula is C28H27BrN6O5S. The number of benzene rings is 2. The molecule has 5 rings (SSSR count). The van der Waals surface area contributed by atoms with Crippen LogP contribution in [0.1, 0.15) is 40.0 Å². The number of thioether (sulfide) groups is 1. The second-order valence-corrected chi connectivity index (χ2v) is 10.9. The summed E-state index contributed by atoms with van der Waals surface area (Å²) in [6.07, 6.45) is 1.94. The first-order valence-electron chi connectivity index (χ1n) is 12.6. The molecule has 13 heteroatoms. The first-order chi connectivity index (χ1) is 19.9. The maximum absolute atomic E-state index is 13.6. The molecule has 0 radical (unpaired) electrons. The van der Waals surface area contributed by atoms with E-state index in [-0.39, 0.29) is 29.9 Å². The highest BCUT2D eigenvalue weighted by molar-refractivity contribution is 9.10. The molecule has 2 aromatic carbocycles. The van der Waals surface area contributed by atoms with Crippen LogP contribution in [-0.4, -0.2) is 57.3 Å². The predicted octanol–water partition coefficient (Wildman–Crippen LogP) is 4.59. The SMILES string of the molecule is COc1cccc([C@@H]2CC(c3ccc(Br)cc3)=NN2C(=O)CSc2nnc(CNC(=O)c3ccco3)n2C)c1OC. The number of para-hydroxylation sites is 1. The molecule has 41 heavy (non-hydrogen) atoms. The topological polar surface area (TPSA) is 124 Å². The Morgan fingerprint density at radius 1 is 1.10 bits per heavy atom. The maximum Gasteiger partial charge on any atom is 0.287 e. The second kappa shape index (κ2) is 12.6. The molecule has 1 aliphatic heterocycles. The average Bonchev–Trinajstić information content (AvgIpc) is 3.75. The van der Waals surface area contributed by atoms with Crippen molar-refractivity contribution in [1.82, 2.24) is 25.1 Å². The molecule has 0 saturated heterocycles. The average molecular weight is 640 g/mol. The number of furan rings is 1. The molecule has 0 fully saturated rings. The van der Waals surface area contributed by atoms with Gasteiger partial charge in [0.05, 0.1) is 44.5 Å². The zero-order valence-electron chi connectivity index (χ0n) is 22.5. The smallest absolute Gasteiger partial charge is 0.287 e. The Kier molecular flexibility index (Phi) is 8.74. The van der Waals surface area contributed by atoms with Crippen molar-refractivity contribution in [3.63, 3.8) is 0 Å². The quantitative estimate of drug-likeness (QED) is 0.250. The Hall–Kier alpha value is -4.10. The minimum Gasteiger partial charge on any atom is -0.493 e. The molecule has 2 amide bonds. The fourth-order valence-corrected chi connectivity index (χ4v) is 5.49. The molecule has 1 N–H and O–H groups in total. The third-order valence-corrected chi connectivity index (χ3v) is 8.07. The molecule has 11 nitrogen and oxygen atoms in total. The first kappa shape index (κ1) is 28.4. The summed E-state index contributed by atoms with van der Waals surface area (Å²) in [4.78, 5) is 25.8. The summed E-state index contributed by atoms with van der Waals surface area (Å²) in [5.74, 6) is 1.41. The van der Waals surface area contributed by atoms with Crippen LogP contribution in [0.4, 0.5) is 0 Å². The number of aromatic nitrogens is 3. The molecule has 0 aliphatic carbocycles. The Balaban J connectivity index is 1.33. The fraction of sp³-hybridized carbons (Fsp3) is 0.250. The van der Waals surface area contributed by atoms with E-state index in [4.69, 9.17) is 19.0 Å². The van der Waals surface area contributed by atoms with Gasteiger partial charge in [0.1, 0.15) is 0 Å². The molecular weight excluding hydrogens is 612 g/mol. The summed E-state index contributed by atoms with van der Waals surface area (Å²) < 4.78 is 19.0. The Morgan fingerprint density at radius 3 is 2.61 bits per heavy atom. The molecule has 1 aliphatic rings. The number of rotatable bonds is 10. The van der Waals surface area contributed by atoms with Crippen molar-refractivity contribution in [3.05, 3.63) is 88.0 Å². The highest BCUT2D eigenvalue weighted by atomic mass is 79.9. The van der Waals surface area contributed by atoms with E-state index >= 15 is 0 Å². The van der Waals surface area contributed by atoms with Gasteiger partial charge < -0.3 is 23.8 Å². The maximum atomic E-state index is 13.6. The van der Waals surface area contributed by atoms with Gasteiger partial charge >= 0.3 is 0 Å². The highest BCUT2D eigenvalue weighted by Gasteiger charge is 2.35. The first-order valence-corrected chi connectivity index (χ1v) is 14.4. The van der Waals surface area contributed by atoms with Crippen molar-refractivity contribution in [2.24, 2.45) is 12.1 Å². The number of carbonyl (C=O) groups is 2. The Bertz CT molecular complexity index is 1570. The number of carbonyl (C=O) groups excluding carboxylic acids is 2. The highest BCUT2D eigenvalue weighted by Crippen LogP contribution is 2.42. The van der Waals surface area contributed by atoms with Gasteiger partial charge in [-0.15, -0.1) is 10.2 Å². The van der Waals surface area contributed by atoms with Crippen LogP contribution in [0.15, 0.2) is 80.0 Å². The summed E-state index contributed by atoms with van der Waals surface area (Å²) in [7, 11) is 4.94. The van der Waals surface area contributed by atoms with Crippen LogP contribution in [0.25, 0.3) is 0 Å². The summed E-state index contributed by atoms with van der Waals surface area (Å²) in [5.41, 5.74) is 2.52. The van der Waals surface area contributed by atoms with Gasteiger partial charge in [0.15, 0.2) is 28.2 Å². The van der Waals surface area contributed by atoms with E-state index < -0.39 is 6.04 Å². The van der Waals surface area contributed by atoms with E-state index in [1.165, 1.54) is 23.0 Å². The number of halogens is 1. The summed E-state index contributed by atoms with van der Waals surface area (Å²) >= 11 is 4.72. The summed E-state index contributed by atoms with van der Waals surface area (Å²) in [5, 5.41) is 17.9. The van der Waals surface area contributed by atoms with E-state index in [1.54, 1.807) is 38.0 Å². The molecule has 0 bridgehead atoms. The number of methoxy groups -OCH3 is 2. The number of ether oxygens (including phenoxy) is 2.